The molecule has 100 valence electrons. The van der Waals surface area contributed by atoms with E-state index in [2.05, 4.69) is 32.9 Å². The van der Waals surface area contributed by atoms with Gasteiger partial charge in [0.1, 0.15) is 5.75 Å². The number of carbonyl (C=O) groups is 1. The SMILES string of the molecule is COc1ccc(C(C)(C)C)cc1C(C)CC(N)=O. The summed E-state index contributed by atoms with van der Waals surface area (Å²) in [5.41, 5.74) is 7.62. The average molecular weight is 249 g/mol. The van der Waals surface area contributed by atoms with Crippen LogP contribution in [0.25, 0.3) is 0 Å². The molecule has 1 rings (SSSR count). The molecule has 1 unspecified atom stereocenters. The molecular weight excluding hydrogens is 226 g/mol. The minimum Gasteiger partial charge on any atom is -0.496 e. The molecule has 1 aromatic rings. The topological polar surface area (TPSA) is 52.3 Å². The van der Waals surface area contributed by atoms with Crippen LogP contribution < -0.4 is 10.5 Å². The first-order valence-electron chi connectivity index (χ1n) is 6.22. The molecule has 2 N–H and O–H groups in total. The summed E-state index contributed by atoms with van der Waals surface area (Å²) in [5.74, 6) is 0.599. The van der Waals surface area contributed by atoms with Gasteiger partial charge in [-0.2, -0.15) is 0 Å². The Labute approximate surface area is 109 Å². The molecule has 0 bridgehead atoms. The van der Waals surface area contributed by atoms with Crippen LogP contribution in [-0.4, -0.2) is 13.0 Å². The quantitative estimate of drug-likeness (QED) is 0.892. The van der Waals surface area contributed by atoms with Crippen molar-refractivity contribution in [2.75, 3.05) is 7.11 Å². The van der Waals surface area contributed by atoms with Gasteiger partial charge in [0.05, 0.1) is 7.11 Å². The number of rotatable bonds is 4. The van der Waals surface area contributed by atoms with Crippen molar-refractivity contribution in [1.82, 2.24) is 0 Å². The standard InChI is InChI=1S/C15H23NO2/c1-10(8-14(16)17)12-9-11(15(2,3)4)6-7-13(12)18-5/h6-7,9-10H,8H2,1-5H3,(H2,16,17). The molecule has 3 heteroatoms. The van der Waals surface area contributed by atoms with Gasteiger partial charge in [0.2, 0.25) is 5.91 Å². The van der Waals surface area contributed by atoms with Crippen LogP contribution in [0.2, 0.25) is 0 Å². The third kappa shape index (κ3) is 3.49. The largest absolute Gasteiger partial charge is 0.496 e. The number of nitrogens with two attached hydrogens (primary N) is 1. The fourth-order valence-corrected chi connectivity index (χ4v) is 2.00. The number of methoxy groups -OCH3 is 1. The van der Waals surface area contributed by atoms with E-state index in [9.17, 15) is 4.79 Å². The lowest BCUT2D eigenvalue weighted by Gasteiger charge is -2.23. The Morgan fingerprint density at radius 3 is 2.44 bits per heavy atom. The monoisotopic (exact) mass is 249 g/mol. The highest BCUT2D eigenvalue weighted by atomic mass is 16.5. The van der Waals surface area contributed by atoms with Crippen molar-refractivity contribution in [3.63, 3.8) is 0 Å². The number of amides is 1. The van der Waals surface area contributed by atoms with Gasteiger partial charge in [-0.3, -0.25) is 4.79 Å². The molecule has 0 radical (unpaired) electrons. The van der Waals surface area contributed by atoms with Crippen molar-refractivity contribution in [3.8, 4) is 5.75 Å². The van der Waals surface area contributed by atoms with Gasteiger partial charge in [0.25, 0.3) is 0 Å². The minimum absolute atomic E-state index is 0.0692. The number of benzene rings is 1. The molecule has 1 atom stereocenters. The summed E-state index contributed by atoms with van der Waals surface area (Å²) >= 11 is 0. The Balaban J connectivity index is 3.17. The molecule has 0 saturated carbocycles. The summed E-state index contributed by atoms with van der Waals surface area (Å²) in [7, 11) is 1.65. The van der Waals surface area contributed by atoms with E-state index in [1.165, 1.54) is 5.56 Å². The van der Waals surface area contributed by atoms with Gasteiger partial charge in [-0.25, -0.2) is 0 Å². The van der Waals surface area contributed by atoms with Crippen molar-refractivity contribution < 1.29 is 9.53 Å². The fourth-order valence-electron chi connectivity index (χ4n) is 2.00. The number of hydrogen-bond acceptors (Lipinski definition) is 2. The highest BCUT2D eigenvalue weighted by molar-refractivity contribution is 5.74. The maximum absolute atomic E-state index is 11.0. The number of ether oxygens (including phenoxy) is 1. The maximum Gasteiger partial charge on any atom is 0.218 e. The summed E-state index contributed by atoms with van der Waals surface area (Å²) in [4.78, 5) is 11.0. The molecule has 0 heterocycles. The average Bonchev–Trinajstić information content (AvgIpc) is 2.26. The van der Waals surface area contributed by atoms with Gasteiger partial charge in [0.15, 0.2) is 0 Å². The third-order valence-electron chi connectivity index (χ3n) is 3.13. The van der Waals surface area contributed by atoms with Crippen LogP contribution in [-0.2, 0) is 10.2 Å². The number of primary amides is 1. The zero-order valence-electron chi connectivity index (χ0n) is 11.9. The summed E-state index contributed by atoms with van der Waals surface area (Å²) in [5, 5.41) is 0. The summed E-state index contributed by atoms with van der Waals surface area (Å²) in [6.07, 6.45) is 0.337. The lowest BCUT2D eigenvalue weighted by atomic mass is 9.84. The van der Waals surface area contributed by atoms with E-state index >= 15 is 0 Å². The minimum atomic E-state index is -0.286. The van der Waals surface area contributed by atoms with Crippen molar-refractivity contribution in [2.45, 2.75) is 45.4 Å². The lowest BCUT2D eigenvalue weighted by molar-refractivity contribution is -0.118. The van der Waals surface area contributed by atoms with Crippen LogP contribution in [0, 0.1) is 0 Å². The van der Waals surface area contributed by atoms with Crippen molar-refractivity contribution in [1.29, 1.82) is 0 Å². The molecule has 3 nitrogen and oxygen atoms in total. The molecule has 1 amide bonds. The first-order chi connectivity index (χ1) is 8.25. The molecule has 18 heavy (non-hydrogen) atoms. The van der Waals surface area contributed by atoms with E-state index in [0.29, 0.717) is 6.42 Å². The Kier molecular flexibility index (Phi) is 4.38. The maximum atomic E-state index is 11.0. The second kappa shape index (κ2) is 5.42. The van der Waals surface area contributed by atoms with E-state index in [1.807, 2.05) is 13.0 Å². The highest BCUT2D eigenvalue weighted by Gasteiger charge is 2.19. The predicted octanol–water partition coefficient (Wildman–Crippen LogP) is 2.97. The van der Waals surface area contributed by atoms with Gasteiger partial charge < -0.3 is 10.5 Å². The molecule has 1 aromatic carbocycles. The van der Waals surface area contributed by atoms with Gasteiger partial charge in [0, 0.05) is 6.42 Å². The third-order valence-corrected chi connectivity index (χ3v) is 3.13. The van der Waals surface area contributed by atoms with Crippen LogP contribution in [0.15, 0.2) is 18.2 Å². The van der Waals surface area contributed by atoms with Crippen molar-refractivity contribution >= 4 is 5.91 Å². The molecule has 0 aliphatic carbocycles. The first kappa shape index (κ1) is 14.6. The van der Waals surface area contributed by atoms with Gasteiger partial charge in [-0.1, -0.05) is 39.8 Å². The Hall–Kier alpha value is -1.51. The summed E-state index contributed by atoms with van der Waals surface area (Å²) in [6, 6.07) is 6.15. The highest BCUT2D eigenvalue weighted by Crippen LogP contribution is 2.33. The molecule has 0 aromatic heterocycles. The molecule has 0 aliphatic rings. The van der Waals surface area contributed by atoms with Crippen LogP contribution >= 0.6 is 0 Å². The van der Waals surface area contributed by atoms with Gasteiger partial charge in [-0.05, 0) is 28.5 Å². The van der Waals surface area contributed by atoms with E-state index in [1.54, 1.807) is 7.11 Å². The van der Waals surface area contributed by atoms with Crippen LogP contribution in [0.4, 0.5) is 0 Å². The smallest absolute Gasteiger partial charge is 0.218 e. The number of hydrogen-bond donors (Lipinski definition) is 1. The van der Waals surface area contributed by atoms with Crippen molar-refractivity contribution in [2.24, 2.45) is 5.73 Å². The molecule has 0 saturated heterocycles. The molecule has 0 fully saturated rings. The van der Waals surface area contributed by atoms with Gasteiger partial charge >= 0.3 is 0 Å². The van der Waals surface area contributed by atoms with Gasteiger partial charge in [-0.15, -0.1) is 0 Å². The lowest BCUT2D eigenvalue weighted by Crippen LogP contribution is -2.16. The Morgan fingerprint density at radius 1 is 1.39 bits per heavy atom. The van der Waals surface area contributed by atoms with Crippen LogP contribution in [0.1, 0.15) is 51.2 Å². The Bertz CT molecular complexity index is 433. The van der Waals surface area contributed by atoms with E-state index < -0.39 is 0 Å². The van der Waals surface area contributed by atoms with E-state index in [-0.39, 0.29) is 17.2 Å². The molecular formula is C15H23NO2. The van der Waals surface area contributed by atoms with E-state index in [4.69, 9.17) is 10.5 Å². The number of carbonyl (C=O) groups excluding carboxylic acids is 1. The zero-order valence-corrected chi connectivity index (χ0v) is 11.9. The molecule has 0 spiro atoms. The summed E-state index contributed by atoms with van der Waals surface area (Å²) in [6.45, 7) is 8.49. The Morgan fingerprint density at radius 2 is 2.00 bits per heavy atom. The van der Waals surface area contributed by atoms with Crippen molar-refractivity contribution in [3.05, 3.63) is 29.3 Å². The second-order valence-corrected chi connectivity index (χ2v) is 5.78. The first-order valence-corrected chi connectivity index (χ1v) is 6.22. The predicted molar refractivity (Wildman–Crippen MR) is 73.9 cm³/mol. The fraction of sp³-hybridized carbons (Fsp3) is 0.533. The van der Waals surface area contributed by atoms with Crippen LogP contribution in [0.5, 0.6) is 5.75 Å². The normalized spacial score (nSPS) is 13.2. The zero-order chi connectivity index (χ0) is 13.9. The van der Waals surface area contributed by atoms with E-state index in [0.717, 1.165) is 11.3 Å². The summed E-state index contributed by atoms with van der Waals surface area (Å²) < 4.78 is 5.36. The second-order valence-electron chi connectivity index (χ2n) is 5.78. The van der Waals surface area contributed by atoms with Crippen LogP contribution in [0.3, 0.4) is 0 Å². The molecule has 0 aliphatic heterocycles.